The van der Waals surface area contributed by atoms with E-state index >= 15 is 0 Å². The number of rotatable bonds is 5. The van der Waals surface area contributed by atoms with Crippen molar-refractivity contribution < 1.29 is 0 Å². The Bertz CT molecular complexity index is 484. The molecule has 0 spiro atoms. The molecule has 1 aromatic carbocycles. The number of para-hydroxylation sites is 2. The molecule has 0 bridgehead atoms. The van der Waals surface area contributed by atoms with Crippen LogP contribution in [0.15, 0.2) is 24.3 Å². The van der Waals surface area contributed by atoms with Crippen LogP contribution in [0.5, 0.6) is 0 Å². The summed E-state index contributed by atoms with van der Waals surface area (Å²) in [7, 11) is 2.16. The van der Waals surface area contributed by atoms with Gasteiger partial charge >= 0.3 is 0 Å². The number of likely N-dealkylation sites (N-methyl/N-ethyl adjacent to an activating group) is 1. The van der Waals surface area contributed by atoms with Crippen LogP contribution in [0.25, 0.3) is 0 Å². The smallest absolute Gasteiger partial charge is 0.0784 e. The first kappa shape index (κ1) is 15.1. The maximum absolute atomic E-state index is 5.80. The molecule has 2 N–H and O–H groups in total. The first-order valence-electron chi connectivity index (χ1n) is 7.27. The number of benzene rings is 1. The minimum atomic E-state index is -0.0402. The molecule has 1 heterocycles. The highest BCUT2D eigenvalue weighted by Gasteiger charge is 2.23. The number of fused-ring (bicyclic) bond motifs is 1. The third-order valence-corrected chi connectivity index (χ3v) is 4.79. The highest BCUT2D eigenvalue weighted by atomic mass is 32.1. The summed E-state index contributed by atoms with van der Waals surface area (Å²) < 4.78 is 0. The van der Waals surface area contributed by atoms with E-state index in [1.165, 1.54) is 11.4 Å². The molecule has 0 radical (unpaired) electrons. The van der Waals surface area contributed by atoms with Crippen molar-refractivity contribution in [1.82, 2.24) is 0 Å². The van der Waals surface area contributed by atoms with E-state index in [1.807, 2.05) is 0 Å². The molecule has 1 aliphatic heterocycles. The fraction of sp³-hybridized carbons (Fsp3) is 0.562. The van der Waals surface area contributed by atoms with Crippen LogP contribution in [-0.4, -0.2) is 31.7 Å². The van der Waals surface area contributed by atoms with Crippen LogP contribution in [0, 0.1) is 5.41 Å². The van der Waals surface area contributed by atoms with E-state index in [0.717, 1.165) is 32.5 Å². The van der Waals surface area contributed by atoms with E-state index in [0.29, 0.717) is 4.99 Å². The first-order valence-corrected chi connectivity index (χ1v) is 7.68. The Kier molecular flexibility index (Phi) is 4.53. The van der Waals surface area contributed by atoms with Crippen molar-refractivity contribution in [2.24, 2.45) is 11.1 Å². The number of hydrogen-bond acceptors (Lipinski definition) is 3. The summed E-state index contributed by atoms with van der Waals surface area (Å²) >= 11 is 5.14. The zero-order chi connectivity index (χ0) is 14.8. The van der Waals surface area contributed by atoms with E-state index in [4.69, 9.17) is 18.0 Å². The zero-order valence-electron chi connectivity index (χ0n) is 12.7. The first-order chi connectivity index (χ1) is 9.42. The molecule has 3 nitrogen and oxygen atoms in total. The largest absolute Gasteiger partial charge is 0.393 e. The van der Waals surface area contributed by atoms with Crippen LogP contribution in [0.3, 0.4) is 0 Å². The number of nitrogens with two attached hydrogens (primary N) is 1. The summed E-state index contributed by atoms with van der Waals surface area (Å²) in [6.07, 6.45) is 2.15. The molecule has 20 heavy (non-hydrogen) atoms. The average Bonchev–Trinajstić information content (AvgIpc) is 2.41. The van der Waals surface area contributed by atoms with Crippen molar-refractivity contribution in [2.75, 3.05) is 36.5 Å². The molecule has 0 saturated carbocycles. The van der Waals surface area contributed by atoms with Gasteiger partial charge in [-0.1, -0.05) is 38.2 Å². The van der Waals surface area contributed by atoms with Crippen LogP contribution in [-0.2, 0) is 0 Å². The summed E-state index contributed by atoms with van der Waals surface area (Å²) in [6.45, 7) is 7.49. The van der Waals surface area contributed by atoms with E-state index in [-0.39, 0.29) is 5.41 Å². The van der Waals surface area contributed by atoms with Crippen molar-refractivity contribution in [3.8, 4) is 0 Å². The van der Waals surface area contributed by atoms with E-state index in [1.54, 1.807) is 0 Å². The van der Waals surface area contributed by atoms with Crippen LogP contribution in [0.1, 0.15) is 26.7 Å². The lowest BCUT2D eigenvalue weighted by Gasteiger charge is -2.37. The van der Waals surface area contributed by atoms with Crippen molar-refractivity contribution in [2.45, 2.75) is 26.7 Å². The highest BCUT2D eigenvalue weighted by Crippen LogP contribution is 2.32. The Hall–Kier alpha value is -1.29. The second-order valence-electron chi connectivity index (χ2n) is 6.25. The summed E-state index contributed by atoms with van der Waals surface area (Å²) in [4.78, 5) is 5.42. The van der Waals surface area contributed by atoms with Gasteiger partial charge in [-0.25, -0.2) is 0 Å². The van der Waals surface area contributed by atoms with Crippen molar-refractivity contribution >= 4 is 28.6 Å². The number of thiocarbonyl (C=S) groups is 1. The van der Waals surface area contributed by atoms with Crippen LogP contribution >= 0.6 is 12.2 Å². The predicted octanol–water partition coefficient (Wildman–Crippen LogP) is 3.04. The molecule has 0 aromatic heterocycles. The predicted molar refractivity (Wildman–Crippen MR) is 91.7 cm³/mol. The molecule has 0 saturated heterocycles. The molecule has 0 atom stereocenters. The molecule has 0 amide bonds. The van der Waals surface area contributed by atoms with Gasteiger partial charge in [0.2, 0.25) is 0 Å². The van der Waals surface area contributed by atoms with Gasteiger partial charge < -0.3 is 15.5 Å². The monoisotopic (exact) mass is 291 g/mol. The number of hydrogen-bond donors (Lipinski definition) is 1. The SMILES string of the molecule is CN1CCN(CCCC(C)(C)C(N)=S)c2ccccc21. The lowest BCUT2D eigenvalue weighted by Crippen LogP contribution is -2.40. The summed E-state index contributed by atoms with van der Waals surface area (Å²) in [5.41, 5.74) is 8.42. The third-order valence-electron chi connectivity index (χ3n) is 4.24. The minimum Gasteiger partial charge on any atom is -0.393 e. The minimum absolute atomic E-state index is 0.0402. The Morgan fingerprint density at radius 1 is 1.25 bits per heavy atom. The maximum Gasteiger partial charge on any atom is 0.0784 e. The molecular formula is C16H25N3S. The summed E-state index contributed by atoms with van der Waals surface area (Å²) in [5, 5.41) is 0. The van der Waals surface area contributed by atoms with Crippen molar-refractivity contribution in [1.29, 1.82) is 0 Å². The number of anilines is 2. The van der Waals surface area contributed by atoms with Gasteiger partial charge in [0, 0.05) is 32.1 Å². The molecule has 4 heteroatoms. The Morgan fingerprint density at radius 3 is 2.55 bits per heavy atom. The van der Waals surface area contributed by atoms with E-state index < -0.39 is 0 Å². The average molecular weight is 291 g/mol. The van der Waals surface area contributed by atoms with Gasteiger partial charge in [0.05, 0.1) is 16.4 Å². The molecule has 0 unspecified atom stereocenters. The quantitative estimate of drug-likeness (QED) is 0.845. The molecule has 2 rings (SSSR count). The lowest BCUT2D eigenvalue weighted by atomic mass is 9.88. The molecule has 0 aliphatic carbocycles. The van der Waals surface area contributed by atoms with Gasteiger partial charge in [0.1, 0.15) is 0 Å². The normalized spacial score (nSPS) is 15.2. The lowest BCUT2D eigenvalue weighted by molar-refractivity contribution is 0.457. The summed E-state index contributed by atoms with van der Waals surface area (Å²) in [5.74, 6) is 0. The second-order valence-corrected chi connectivity index (χ2v) is 6.69. The van der Waals surface area contributed by atoms with Crippen molar-refractivity contribution in [3.05, 3.63) is 24.3 Å². The fourth-order valence-electron chi connectivity index (χ4n) is 2.63. The van der Waals surface area contributed by atoms with Crippen LogP contribution in [0.2, 0.25) is 0 Å². The highest BCUT2D eigenvalue weighted by molar-refractivity contribution is 7.80. The number of nitrogens with zero attached hydrogens (tertiary/aromatic N) is 2. The zero-order valence-corrected chi connectivity index (χ0v) is 13.5. The topological polar surface area (TPSA) is 32.5 Å². The molecular weight excluding hydrogens is 266 g/mol. The molecule has 0 fully saturated rings. The van der Waals surface area contributed by atoms with Gasteiger partial charge in [-0.2, -0.15) is 0 Å². The van der Waals surface area contributed by atoms with Crippen molar-refractivity contribution in [3.63, 3.8) is 0 Å². The van der Waals surface area contributed by atoms with E-state index in [2.05, 4.69) is 55.0 Å². The Labute approximate surface area is 127 Å². The maximum atomic E-state index is 5.80. The second kappa shape index (κ2) is 6.00. The van der Waals surface area contributed by atoms with Gasteiger partial charge in [-0.3, -0.25) is 0 Å². The van der Waals surface area contributed by atoms with Gasteiger partial charge in [0.15, 0.2) is 0 Å². The van der Waals surface area contributed by atoms with Crippen LogP contribution in [0.4, 0.5) is 11.4 Å². The van der Waals surface area contributed by atoms with Gasteiger partial charge in [0.25, 0.3) is 0 Å². The molecule has 1 aromatic rings. The van der Waals surface area contributed by atoms with Crippen LogP contribution < -0.4 is 15.5 Å². The standard InChI is InChI=1S/C16H25N3S/c1-16(2,15(17)20)9-6-10-19-12-11-18(3)13-7-4-5-8-14(13)19/h4-5,7-8H,6,9-12H2,1-3H3,(H2,17,20). The summed E-state index contributed by atoms with van der Waals surface area (Å²) in [6, 6.07) is 8.63. The van der Waals surface area contributed by atoms with Gasteiger partial charge in [-0.05, 0) is 25.0 Å². The van der Waals surface area contributed by atoms with E-state index in [9.17, 15) is 0 Å². The van der Waals surface area contributed by atoms with Gasteiger partial charge in [-0.15, -0.1) is 0 Å². The Balaban J connectivity index is 1.98. The molecule has 1 aliphatic rings. The third kappa shape index (κ3) is 3.23. The Morgan fingerprint density at radius 2 is 1.90 bits per heavy atom. The molecule has 110 valence electrons. The fourth-order valence-corrected chi connectivity index (χ4v) is 2.74.